The number of amides is 1. The summed E-state index contributed by atoms with van der Waals surface area (Å²) in [5.74, 6) is -0.208. The van der Waals surface area contributed by atoms with Gasteiger partial charge in [-0.05, 0) is 62.1 Å². The number of carbonyl (C=O) groups excluding carboxylic acids is 1. The molecule has 1 aliphatic rings. The van der Waals surface area contributed by atoms with E-state index in [4.69, 9.17) is 11.6 Å². The summed E-state index contributed by atoms with van der Waals surface area (Å²) in [6, 6.07) is 11.0. The van der Waals surface area contributed by atoms with Crippen LogP contribution >= 0.6 is 11.6 Å². The van der Waals surface area contributed by atoms with Gasteiger partial charge in [-0.3, -0.25) is 4.79 Å². The van der Waals surface area contributed by atoms with Gasteiger partial charge in [0.05, 0.1) is 10.6 Å². The molecule has 1 fully saturated rings. The van der Waals surface area contributed by atoms with Gasteiger partial charge in [-0.25, -0.2) is 0 Å². The third kappa shape index (κ3) is 5.31. The van der Waals surface area contributed by atoms with E-state index in [-0.39, 0.29) is 17.0 Å². The number of halogens is 4. The molecule has 0 aliphatic carbocycles. The van der Waals surface area contributed by atoms with Crippen molar-refractivity contribution in [3.63, 3.8) is 0 Å². The molecule has 1 saturated heterocycles. The topological polar surface area (TPSA) is 32.3 Å². The summed E-state index contributed by atoms with van der Waals surface area (Å²) in [5, 5.41) is 2.71. The number of rotatable bonds is 4. The van der Waals surface area contributed by atoms with Gasteiger partial charge in [0.2, 0.25) is 0 Å². The number of hydrogen-bond acceptors (Lipinski definition) is 2. The molecular formula is C22H24ClF3N2O. The Morgan fingerprint density at radius 3 is 2.38 bits per heavy atom. The van der Waals surface area contributed by atoms with E-state index in [1.54, 1.807) is 24.3 Å². The average Bonchev–Trinajstić information content (AvgIpc) is 2.68. The van der Waals surface area contributed by atoms with E-state index in [9.17, 15) is 18.0 Å². The average molecular weight is 425 g/mol. The Kier molecular flexibility index (Phi) is 6.54. The maximum atomic E-state index is 13.1. The van der Waals surface area contributed by atoms with Crippen LogP contribution in [0.25, 0.3) is 11.1 Å². The van der Waals surface area contributed by atoms with Crippen molar-refractivity contribution < 1.29 is 18.0 Å². The third-order valence-corrected chi connectivity index (χ3v) is 5.65. The van der Waals surface area contributed by atoms with Crippen LogP contribution in [-0.2, 0) is 6.18 Å². The van der Waals surface area contributed by atoms with Gasteiger partial charge in [0, 0.05) is 30.7 Å². The molecular weight excluding hydrogens is 401 g/mol. The molecule has 1 N–H and O–H groups in total. The first-order valence-electron chi connectivity index (χ1n) is 9.67. The first-order chi connectivity index (χ1) is 13.6. The lowest BCUT2D eigenvalue weighted by Crippen LogP contribution is -2.46. The van der Waals surface area contributed by atoms with Gasteiger partial charge in [-0.1, -0.05) is 29.8 Å². The molecule has 0 bridgehead atoms. The Morgan fingerprint density at radius 1 is 1.10 bits per heavy atom. The van der Waals surface area contributed by atoms with Crippen molar-refractivity contribution in [2.75, 3.05) is 13.1 Å². The molecule has 0 aromatic heterocycles. The van der Waals surface area contributed by atoms with Crippen molar-refractivity contribution in [3.8, 4) is 11.1 Å². The van der Waals surface area contributed by atoms with Gasteiger partial charge < -0.3 is 10.2 Å². The maximum Gasteiger partial charge on any atom is 0.417 e. The zero-order valence-corrected chi connectivity index (χ0v) is 17.1. The van der Waals surface area contributed by atoms with Crippen molar-refractivity contribution >= 4 is 17.5 Å². The molecule has 3 rings (SSSR count). The van der Waals surface area contributed by atoms with Crippen LogP contribution in [0.1, 0.15) is 42.6 Å². The predicted octanol–water partition coefficient (Wildman–Crippen LogP) is 5.63. The lowest BCUT2D eigenvalue weighted by atomic mass is 9.99. The second-order valence-corrected chi connectivity index (χ2v) is 8.06. The van der Waals surface area contributed by atoms with Crippen LogP contribution in [0.4, 0.5) is 13.2 Å². The number of carbonyl (C=O) groups is 1. The summed E-state index contributed by atoms with van der Waals surface area (Å²) in [6.45, 7) is 6.19. The quantitative estimate of drug-likeness (QED) is 0.690. The minimum absolute atomic E-state index is 0.105. The first kappa shape index (κ1) is 21.7. The largest absolute Gasteiger partial charge is 0.417 e. The summed E-state index contributed by atoms with van der Waals surface area (Å²) in [7, 11) is 0. The molecule has 156 valence electrons. The summed E-state index contributed by atoms with van der Waals surface area (Å²) in [4.78, 5) is 15.0. The SMILES string of the molecule is CC(C)N1CCC(NC(=O)c2cccc(-c3ccc(Cl)c(C(F)(F)F)c3)c2)CC1. The fourth-order valence-electron chi connectivity index (χ4n) is 3.59. The summed E-state index contributed by atoms with van der Waals surface area (Å²) < 4.78 is 39.4. The van der Waals surface area contributed by atoms with E-state index < -0.39 is 11.7 Å². The lowest BCUT2D eigenvalue weighted by molar-refractivity contribution is -0.137. The van der Waals surface area contributed by atoms with E-state index in [0.717, 1.165) is 32.0 Å². The fraction of sp³-hybridized carbons (Fsp3) is 0.409. The Bertz CT molecular complexity index is 875. The molecule has 0 atom stereocenters. The van der Waals surface area contributed by atoms with E-state index in [0.29, 0.717) is 22.7 Å². The Hall–Kier alpha value is -2.05. The highest BCUT2D eigenvalue weighted by molar-refractivity contribution is 6.31. The molecule has 3 nitrogen and oxygen atoms in total. The van der Waals surface area contributed by atoms with Crippen LogP contribution < -0.4 is 5.32 Å². The van der Waals surface area contributed by atoms with Gasteiger partial charge in [0.25, 0.3) is 5.91 Å². The number of benzene rings is 2. The van der Waals surface area contributed by atoms with Gasteiger partial charge in [-0.15, -0.1) is 0 Å². The highest BCUT2D eigenvalue weighted by atomic mass is 35.5. The minimum atomic E-state index is -4.53. The van der Waals surface area contributed by atoms with Crippen LogP contribution in [0, 0.1) is 0 Å². The number of alkyl halides is 3. The Labute approximate surface area is 173 Å². The zero-order chi connectivity index (χ0) is 21.2. The second kappa shape index (κ2) is 8.76. The monoisotopic (exact) mass is 424 g/mol. The molecule has 29 heavy (non-hydrogen) atoms. The van der Waals surface area contributed by atoms with E-state index in [1.165, 1.54) is 12.1 Å². The highest BCUT2D eigenvalue weighted by Gasteiger charge is 2.33. The van der Waals surface area contributed by atoms with Crippen LogP contribution in [0.15, 0.2) is 42.5 Å². The number of hydrogen-bond donors (Lipinski definition) is 1. The minimum Gasteiger partial charge on any atom is -0.349 e. The van der Waals surface area contributed by atoms with Crippen molar-refractivity contribution in [2.24, 2.45) is 0 Å². The van der Waals surface area contributed by atoms with Crippen LogP contribution in [-0.4, -0.2) is 36.0 Å². The molecule has 0 saturated carbocycles. The maximum absolute atomic E-state index is 13.1. The van der Waals surface area contributed by atoms with E-state index in [1.807, 2.05) is 0 Å². The molecule has 7 heteroatoms. The molecule has 2 aromatic rings. The Morgan fingerprint density at radius 2 is 1.76 bits per heavy atom. The number of nitrogens with zero attached hydrogens (tertiary/aromatic N) is 1. The zero-order valence-electron chi connectivity index (χ0n) is 16.4. The number of piperidine rings is 1. The van der Waals surface area contributed by atoms with Crippen molar-refractivity contribution in [3.05, 3.63) is 58.6 Å². The fourth-order valence-corrected chi connectivity index (χ4v) is 3.82. The smallest absolute Gasteiger partial charge is 0.349 e. The number of nitrogens with one attached hydrogen (secondary N) is 1. The van der Waals surface area contributed by atoms with Crippen molar-refractivity contribution in [1.29, 1.82) is 0 Å². The summed E-state index contributed by atoms with van der Waals surface area (Å²) in [5.41, 5.74) is 0.441. The van der Waals surface area contributed by atoms with Gasteiger partial charge in [0.15, 0.2) is 0 Å². The van der Waals surface area contributed by atoms with Gasteiger partial charge in [0.1, 0.15) is 0 Å². The van der Waals surface area contributed by atoms with Gasteiger partial charge >= 0.3 is 6.18 Å². The van der Waals surface area contributed by atoms with E-state index >= 15 is 0 Å². The van der Waals surface area contributed by atoms with Crippen LogP contribution in [0.5, 0.6) is 0 Å². The standard InChI is InChI=1S/C22H24ClF3N2O/c1-14(2)28-10-8-18(9-11-28)27-21(29)17-5-3-4-15(12-17)16-6-7-20(23)19(13-16)22(24,25)26/h3-7,12-14,18H,8-11H2,1-2H3,(H,27,29). The normalized spacial score (nSPS) is 16.2. The lowest BCUT2D eigenvalue weighted by Gasteiger charge is -2.34. The number of likely N-dealkylation sites (tertiary alicyclic amines) is 1. The second-order valence-electron chi connectivity index (χ2n) is 7.65. The molecule has 1 aliphatic heterocycles. The molecule has 0 spiro atoms. The molecule has 1 amide bonds. The Balaban J connectivity index is 1.74. The first-order valence-corrected chi connectivity index (χ1v) is 10.0. The van der Waals surface area contributed by atoms with E-state index in [2.05, 4.69) is 24.1 Å². The third-order valence-electron chi connectivity index (χ3n) is 5.32. The molecule has 0 radical (unpaired) electrons. The van der Waals surface area contributed by atoms with Crippen LogP contribution in [0.2, 0.25) is 5.02 Å². The molecule has 1 heterocycles. The van der Waals surface area contributed by atoms with Gasteiger partial charge in [-0.2, -0.15) is 13.2 Å². The van der Waals surface area contributed by atoms with Crippen molar-refractivity contribution in [1.82, 2.24) is 10.2 Å². The van der Waals surface area contributed by atoms with Crippen LogP contribution in [0.3, 0.4) is 0 Å². The molecule has 2 aromatic carbocycles. The predicted molar refractivity (Wildman–Crippen MR) is 109 cm³/mol. The van der Waals surface area contributed by atoms with Crippen molar-refractivity contribution in [2.45, 2.75) is 44.9 Å². The summed E-state index contributed by atoms with van der Waals surface area (Å²) >= 11 is 5.70. The summed E-state index contributed by atoms with van der Waals surface area (Å²) in [6.07, 6.45) is -2.77. The highest BCUT2D eigenvalue weighted by Crippen LogP contribution is 2.37. The molecule has 0 unspecified atom stereocenters.